The number of hydrogen-bond acceptors (Lipinski definition) is 2. The van der Waals surface area contributed by atoms with Crippen molar-refractivity contribution >= 4 is 11.8 Å². The SMILES string of the molecule is CCSCC(N)Cc1ccc2c(c1)CCC2. The number of nitrogens with two attached hydrogens (primary N) is 1. The molecule has 0 spiro atoms. The fourth-order valence-electron chi connectivity index (χ4n) is 2.38. The quantitative estimate of drug-likeness (QED) is 0.849. The average Bonchev–Trinajstić information content (AvgIpc) is 2.73. The van der Waals surface area contributed by atoms with Gasteiger partial charge >= 0.3 is 0 Å². The van der Waals surface area contributed by atoms with Gasteiger partial charge in [-0.2, -0.15) is 11.8 Å². The first-order valence-corrected chi connectivity index (χ1v) is 7.39. The summed E-state index contributed by atoms with van der Waals surface area (Å²) in [7, 11) is 0. The topological polar surface area (TPSA) is 26.0 Å². The van der Waals surface area contributed by atoms with Crippen LogP contribution >= 0.6 is 11.8 Å². The molecule has 0 aliphatic heterocycles. The van der Waals surface area contributed by atoms with Crippen LogP contribution in [0.15, 0.2) is 18.2 Å². The molecule has 0 fully saturated rings. The van der Waals surface area contributed by atoms with E-state index in [1.165, 1.54) is 24.8 Å². The van der Waals surface area contributed by atoms with Crippen molar-refractivity contribution in [1.82, 2.24) is 0 Å². The van der Waals surface area contributed by atoms with Crippen LogP contribution in [0.3, 0.4) is 0 Å². The van der Waals surface area contributed by atoms with Gasteiger partial charge in [0.05, 0.1) is 0 Å². The predicted octanol–water partition coefficient (Wildman–Crippen LogP) is 2.80. The highest BCUT2D eigenvalue weighted by Crippen LogP contribution is 2.23. The molecular weight excluding hydrogens is 214 g/mol. The summed E-state index contributed by atoms with van der Waals surface area (Å²) in [5.41, 5.74) is 10.7. The van der Waals surface area contributed by atoms with Crippen molar-refractivity contribution in [2.45, 2.75) is 38.6 Å². The maximum atomic E-state index is 6.12. The van der Waals surface area contributed by atoms with E-state index in [1.807, 2.05) is 11.8 Å². The molecule has 1 nitrogen and oxygen atoms in total. The first kappa shape index (κ1) is 12.0. The lowest BCUT2D eigenvalue weighted by molar-refractivity contribution is 0.748. The largest absolute Gasteiger partial charge is 0.327 e. The molecule has 88 valence electrons. The van der Waals surface area contributed by atoms with Crippen molar-refractivity contribution in [3.63, 3.8) is 0 Å². The van der Waals surface area contributed by atoms with Crippen molar-refractivity contribution in [3.05, 3.63) is 34.9 Å². The molecule has 0 amide bonds. The van der Waals surface area contributed by atoms with Crippen LogP contribution in [0.25, 0.3) is 0 Å². The summed E-state index contributed by atoms with van der Waals surface area (Å²) in [5.74, 6) is 2.24. The molecule has 0 aromatic heterocycles. The van der Waals surface area contributed by atoms with Crippen molar-refractivity contribution in [1.29, 1.82) is 0 Å². The normalized spacial score (nSPS) is 16.1. The zero-order chi connectivity index (χ0) is 11.4. The van der Waals surface area contributed by atoms with Crippen molar-refractivity contribution in [3.8, 4) is 0 Å². The summed E-state index contributed by atoms with van der Waals surface area (Å²) < 4.78 is 0. The lowest BCUT2D eigenvalue weighted by Crippen LogP contribution is -2.25. The molecule has 1 aromatic rings. The van der Waals surface area contributed by atoms with Gasteiger partial charge in [-0.25, -0.2) is 0 Å². The first-order valence-electron chi connectivity index (χ1n) is 6.23. The van der Waals surface area contributed by atoms with Gasteiger partial charge in [-0.3, -0.25) is 0 Å². The zero-order valence-electron chi connectivity index (χ0n) is 10.0. The number of thioether (sulfide) groups is 1. The van der Waals surface area contributed by atoms with E-state index in [0.717, 1.165) is 17.9 Å². The maximum absolute atomic E-state index is 6.12. The van der Waals surface area contributed by atoms with Gasteiger partial charge in [0.15, 0.2) is 0 Å². The first-order chi connectivity index (χ1) is 7.79. The Morgan fingerprint density at radius 1 is 1.31 bits per heavy atom. The molecule has 0 saturated heterocycles. The van der Waals surface area contributed by atoms with E-state index in [1.54, 1.807) is 11.1 Å². The molecular formula is C14H21NS. The molecule has 0 saturated carbocycles. The fraction of sp³-hybridized carbons (Fsp3) is 0.571. The highest BCUT2D eigenvalue weighted by Gasteiger charge is 2.11. The standard InChI is InChI=1S/C14H21NS/c1-2-16-10-14(15)9-11-6-7-12-4-3-5-13(12)8-11/h6-8,14H,2-5,9-10,15H2,1H3. The van der Waals surface area contributed by atoms with Crippen LogP contribution in [0.2, 0.25) is 0 Å². The van der Waals surface area contributed by atoms with Crippen LogP contribution in [0.4, 0.5) is 0 Å². The van der Waals surface area contributed by atoms with E-state index < -0.39 is 0 Å². The Balaban J connectivity index is 1.94. The average molecular weight is 235 g/mol. The molecule has 2 N–H and O–H groups in total. The summed E-state index contributed by atoms with van der Waals surface area (Å²) in [6.07, 6.45) is 4.90. The molecule has 16 heavy (non-hydrogen) atoms. The van der Waals surface area contributed by atoms with Crippen LogP contribution in [0.1, 0.15) is 30.0 Å². The fourth-order valence-corrected chi connectivity index (χ4v) is 3.04. The number of fused-ring (bicyclic) bond motifs is 1. The highest BCUT2D eigenvalue weighted by atomic mass is 32.2. The van der Waals surface area contributed by atoms with Gasteiger partial charge in [-0.15, -0.1) is 0 Å². The molecule has 1 atom stereocenters. The van der Waals surface area contributed by atoms with Gasteiger partial charge in [-0.05, 0) is 48.1 Å². The predicted molar refractivity (Wildman–Crippen MR) is 73.1 cm³/mol. The van der Waals surface area contributed by atoms with E-state index in [0.29, 0.717) is 6.04 Å². The van der Waals surface area contributed by atoms with Crippen LogP contribution in [0, 0.1) is 0 Å². The van der Waals surface area contributed by atoms with E-state index in [4.69, 9.17) is 5.73 Å². The Bertz CT molecular complexity index is 349. The monoisotopic (exact) mass is 235 g/mol. The lowest BCUT2D eigenvalue weighted by atomic mass is 10.0. The summed E-state index contributed by atoms with van der Waals surface area (Å²) in [5, 5.41) is 0. The van der Waals surface area contributed by atoms with Crippen molar-refractivity contribution in [2.24, 2.45) is 5.73 Å². The molecule has 2 heteroatoms. The maximum Gasteiger partial charge on any atom is 0.0171 e. The Hall–Kier alpha value is -0.470. The van der Waals surface area contributed by atoms with E-state index in [-0.39, 0.29) is 0 Å². The minimum atomic E-state index is 0.310. The van der Waals surface area contributed by atoms with Gasteiger partial charge in [0, 0.05) is 11.8 Å². The third kappa shape index (κ3) is 3.02. The number of hydrogen-bond donors (Lipinski definition) is 1. The molecule has 2 rings (SSSR count). The van der Waals surface area contributed by atoms with Gasteiger partial charge in [0.1, 0.15) is 0 Å². The minimum Gasteiger partial charge on any atom is -0.327 e. The number of benzene rings is 1. The third-order valence-corrected chi connectivity index (χ3v) is 4.27. The molecule has 1 unspecified atom stereocenters. The van der Waals surface area contributed by atoms with E-state index >= 15 is 0 Å². The molecule has 0 heterocycles. The number of rotatable bonds is 5. The Kier molecular flexibility index (Phi) is 4.30. The summed E-state index contributed by atoms with van der Waals surface area (Å²) in [6.45, 7) is 2.19. The second kappa shape index (κ2) is 5.74. The van der Waals surface area contributed by atoms with Crippen LogP contribution in [-0.4, -0.2) is 17.5 Å². The zero-order valence-corrected chi connectivity index (χ0v) is 10.9. The van der Waals surface area contributed by atoms with Crippen LogP contribution < -0.4 is 5.73 Å². The molecule has 1 aliphatic rings. The Morgan fingerprint density at radius 3 is 2.94 bits per heavy atom. The van der Waals surface area contributed by atoms with Gasteiger partial charge in [-0.1, -0.05) is 25.1 Å². The summed E-state index contributed by atoms with van der Waals surface area (Å²) in [4.78, 5) is 0. The summed E-state index contributed by atoms with van der Waals surface area (Å²) in [6, 6.07) is 7.25. The second-order valence-corrected chi connectivity index (χ2v) is 5.90. The van der Waals surface area contributed by atoms with Gasteiger partial charge < -0.3 is 5.73 Å². The van der Waals surface area contributed by atoms with Crippen molar-refractivity contribution < 1.29 is 0 Å². The highest BCUT2D eigenvalue weighted by molar-refractivity contribution is 7.99. The molecule has 0 bridgehead atoms. The molecule has 1 aromatic carbocycles. The van der Waals surface area contributed by atoms with Crippen molar-refractivity contribution in [2.75, 3.05) is 11.5 Å². The Morgan fingerprint density at radius 2 is 2.12 bits per heavy atom. The van der Waals surface area contributed by atoms with Gasteiger partial charge in [0.2, 0.25) is 0 Å². The summed E-state index contributed by atoms with van der Waals surface area (Å²) >= 11 is 1.94. The molecule has 0 radical (unpaired) electrons. The Labute approximate surface area is 103 Å². The van der Waals surface area contributed by atoms with Crippen LogP contribution in [-0.2, 0) is 19.3 Å². The van der Waals surface area contributed by atoms with E-state index in [2.05, 4.69) is 25.1 Å². The third-order valence-electron chi connectivity index (χ3n) is 3.20. The van der Waals surface area contributed by atoms with Gasteiger partial charge in [0.25, 0.3) is 0 Å². The minimum absolute atomic E-state index is 0.310. The molecule has 1 aliphatic carbocycles. The smallest absolute Gasteiger partial charge is 0.0171 e. The van der Waals surface area contributed by atoms with Crippen LogP contribution in [0.5, 0.6) is 0 Å². The number of aryl methyl sites for hydroxylation is 2. The lowest BCUT2D eigenvalue weighted by Gasteiger charge is -2.11. The second-order valence-electron chi connectivity index (χ2n) is 4.58. The van der Waals surface area contributed by atoms with E-state index in [9.17, 15) is 0 Å².